The molecule has 0 unspecified atom stereocenters. The number of sulfone groups is 1. The standard InChI is InChI=1S/C27H27NO7S/c1-33-25(29)27(16-18-28(19-17-27)26(30)34-20-21-8-4-2-5-9-21)36(31,32)24-14-12-23(13-15-24)35-22-10-6-3-7-11-22/h2-15H,16-20H2,1H3. The zero-order valence-corrected chi connectivity index (χ0v) is 20.6. The molecule has 1 aliphatic rings. The lowest BCUT2D eigenvalue weighted by Gasteiger charge is -2.38. The fourth-order valence-corrected chi connectivity index (χ4v) is 6.14. The molecule has 0 radical (unpaired) electrons. The van der Waals surface area contributed by atoms with Gasteiger partial charge in [-0.05, 0) is 54.8 Å². The zero-order valence-electron chi connectivity index (χ0n) is 19.8. The van der Waals surface area contributed by atoms with Gasteiger partial charge in [0.1, 0.15) is 18.1 Å². The van der Waals surface area contributed by atoms with Crippen molar-refractivity contribution in [2.75, 3.05) is 20.2 Å². The maximum absolute atomic E-state index is 13.7. The molecule has 0 N–H and O–H groups in total. The van der Waals surface area contributed by atoms with E-state index in [1.807, 2.05) is 48.5 Å². The molecule has 3 aromatic rings. The smallest absolute Gasteiger partial charge is 0.410 e. The number of likely N-dealkylation sites (tertiary alicyclic amines) is 1. The molecule has 3 aromatic carbocycles. The summed E-state index contributed by atoms with van der Waals surface area (Å²) in [6.07, 6.45) is -0.771. The number of esters is 1. The van der Waals surface area contributed by atoms with Gasteiger partial charge < -0.3 is 19.1 Å². The summed E-state index contributed by atoms with van der Waals surface area (Å²) in [5.41, 5.74) is 0.842. The van der Waals surface area contributed by atoms with Gasteiger partial charge >= 0.3 is 12.1 Å². The molecule has 1 fully saturated rings. The van der Waals surface area contributed by atoms with E-state index in [0.717, 1.165) is 12.7 Å². The van der Waals surface area contributed by atoms with E-state index in [0.29, 0.717) is 11.5 Å². The van der Waals surface area contributed by atoms with E-state index < -0.39 is 26.6 Å². The molecular weight excluding hydrogens is 482 g/mol. The topological polar surface area (TPSA) is 99.2 Å². The molecule has 188 valence electrons. The minimum Gasteiger partial charge on any atom is -0.468 e. The second-order valence-corrected chi connectivity index (χ2v) is 10.7. The van der Waals surface area contributed by atoms with E-state index in [2.05, 4.69) is 0 Å². The summed E-state index contributed by atoms with van der Waals surface area (Å²) >= 11 is 0. The molecular formula is C27H27NO7S. The fourth-order valence-electron chi connectivity index (χ4n) is 4.17. The summed E-state index contributed by atoms with van der Waals surface area (Å²) in [5, 5.41) is 0. The monoisotopic (exact) mass is 509 g/mol. The first-order valence-electron chi connectivity index (χ1n) is 11.5. The van der Waals surface area contributed by atoms with Gasteiger partial charge in [-0.3, -0.25) is 4.79 Å². The number of piperidine rings is 1. The fraction of sp³-hybridized carbons (Fsp3) is 0.259. The molecule has 1 amide bonds. The van der Waals surface area contributed by atoms with Crippen molar-refractivity contribution >= 4 is 21.9 Å². The Bertz CT molecular complexity index is 1280. The maximum Gasteiger partial charge on any atom is 0.410 e. The minimum atomic E-state index is -4.14. The van der Waals surface area contributed by atoms with Crippen molar-refractivity contribution in [3.63, 3.8) is 0 Å². The van der Waals surface area contributed by atoms with E-state index in [1.54, 1.807) is 24.3 Å². The Kier molecular flexibility index (Phi) is 7.59. The minimum absolute atomic E-state index is 0.0200. The molecule has 9 heteroatoms. The van der Waals surface area contributed by atoms with Gasteiger partial charge in [0.05, 0.1) is 12.0 Å². The molecule has 0 aliphatic carbocycles. The van der Waals surface area contributed by atoms with Crippen LogP contribution in [0.25, 0.3) is 0 Å². The van der Waals surface area contributed by atoms with Crippen LogP contribution in [-0.4, -0.2) is 50.3 Å². The van der Waals surface area contributed by atoms with Crippen LogP contribution in [0.1, 0.15) is 18.4 Å². The Balaban J connectivity index is 1.47. The molecule has 1 aliphatic heterocycles. The lowest BCUT2D eigenvalue weighted by Crippen LogP contribution is -2.55. The third-order valence-corrected chi connectivity index (χ3v) is 8.72. The van der Waals surface area contributed by atoms with Gasteiger partial charge in [-0.2, -0.15) is 0 Å². The second kappa shape index (κ2) is 10.8. The summed E-state index contributed by atoms with van der Waals surface area (Å²) in [4.78, 5) is 26.8. The van der Waals surface area contributed by atoms with Crippen molar-refractivity contribution in [1.82, 2.24) is 4.90 Å². The predicted molar refractivity (Wildman–Crippen MR) is 132 cm³/mol. The van der Waals surface area contributed by atoms with Gasteiger partial charge in [0.25, 0.3) is 0 Å². The third kappa shape index (κ3) is 5.21. The van der Waals surface area contributed by atoms with E-state index in [4.69, 9.17) is 14.2 Å². The summed E-state index contributed by atoms with van der Waals surface area (Å²) < 4.78 is 41.6. The number of hydrogen-bond acceptors (Lipinski definition) is 7. The number of ether oxygens (including phenoxy) is 3. The first-order chi connectivity index (χ1) is 17.4. The van der Waals surface area contributed by atoms with Crippen LogP contribution in [0.3, 0.4) is 0 Å². The largest absolute Gasteiger partial charge is 0.468 e. The summed E-state index contributed by atoms with van der Waals surface area (Å²) in [6, 6.07) is 24.3. The molecule has 0 bridgehead atoms. The zero-order chi connectivity index (χ0) is 25.6. The summed E-state index contributed by atoms with van der Waals surface area (Å²) in [6.45, 7) is 0.183. The molecule has 4 rings (SSSR count). The number of para-hydroxylation sites is 1. The third-order valence-electron chi connectivity index (χ3n) is 6.22. The molecule has 1 heterocycles. The molecule has 0 saturated carbocycles. The van der Waals surface area contributed by atoms with Crippen molar-refractivity contribution in [3.05, 3.63) is 90.5 Å². The van der Waals surface area contributed by atoms with Gasteiger partial charge in [-0.15, -0.1) is 0 Å². The number of methoxy groups -OCH3 is 1. The first-order valence-corrected chi connectivity index (χ1v) is 13.0. The van der Waals surface area contributed by atoms with Crippen LogP contribution in [0.5, 0.6) is 11.5 Å². The lowest BCUT2D eigenvalue weighted by atomic mass is 9.96. The number of amides is 1. The number of rotatable bonds is 7. The average Bonchev–Trinajstić information content (AvgIpc) is 2.92. The van der Waals surface area contributed by atoms with Crippen molar-refractivity contribution in [3.8, 4) is 11.5 Å². The predicted octanol–water partition coefficient (Wildman–Crippen LogP) is 4.60. The average molecular weight is 510 g/mol. The summed E-state index contributed by atoms with van der Waals surface area (Å²) in [7, 11) is -2.97. The van der Waals surface area contributed by atoms with E-state index >= 15 is 0 Å². The van der Waals surface area contributed by atoms with Gasteiger partial charge in [0.2, 0.25) is 0 Å². The van der Waals surface area contributed by atoms with Crippen LogP contribution < -0.4 is 4.74 Å². The highest BCUT2D eigenvalue weighted by Gasteiger charge is 2.54. The van der Waals surface area contributed by atoms with E-state index in [1.165, 1.54) is 17.0 Å². The molecule has 0 atom stereocenters. The quantitative estimate of drug-likeness (QED) is 0.429. The van der Waals surface area contributed by atoms with Gasteiger partial charge in [0.15, 0.2) is 14.6 Å². The van der Waals surface area contributed by atoms with Crippen molar-refractivity contribution in [1.29, 1.82) is 0 Å². The number of nitrogens with zero attached hydrogens (tertiary/aromatic N) is 1. The second-order valence-electron chi connectivity index (χ2n) is 8.40. The van der Waals surface area contributed by atoms with Crippen LogP contribution in [-0.2, 0) is 30.7 Å². The van der Waals surface area contributed by atoms with Crippen LogP contribution >= 0.6 is 0 Å². The highest BCUT2D eigenvalue weighted by Crippen LogP contribution is 2.37. The highest BCUT2D eigenvalue weighted by molar-refractivity contribution is 7.93. The van der Waals surface area contributed by atoms with E-state index in [-0.39, 0.29) is 37.4 Å². The number of carbonyl (C=O) groups is 2. The van der Waals surface area contributed by atoms with Gasteiger partial charge in [-0.25, -0.2) is 13.2 Å². The van der Waals surface area contributed by atoms with Crippen molar-refractivity contribution < 1.29 is 32.2 Å². The Morgan fingerprint density at radius 1 is 0.833 bits per heavy atom. The Morgan fingerprint density at radius 3 is 1.97 bits per heavy atom. The SMILES string of the molecule is COC(=O)C1(S(=O)(=O)c2ccc(Oc3ccccc3)cc2)CCN(C(=O)OCc2ccccc2)CC1. The molecule has 36 heavy (non-hydrogen) atoms. The Hall–Kier alpha value is -3.85. The van der Waals surface area contributed by atoms with Crippen LogP contribution in [0.4, 0.5) is 4.79 Å². The van der Waals surface area contributed by atoms with Crippen molar-refractivity contribution in [2.24, 2.45) is 0 Å². The normalized spacial score (nSPS) is 15.1. The molecule has 1 saturated heterocycles. The van der Waals surface area contributed by atoms with E-state index in [9.17, 15) is 18.0 Å². The number of hydrogen-bond donors (Lipinski definition) is 0. The number of carbonyl (C=O) groups excluding carboxylic acids is 2. The lowest BCUT2D eigenvalue weighted by molar-refractivity contribution is -0.145. The van der Waals surface area contributed by atoms with Crippen molar-refractivity contribution in [2.45, 2.75) is 29.1 Å². The van der Waals surface area contributed by atoms with Gasteiger partial charge in [0, 0.05) is 13.1 Å². The van der Waals surface area contributed by atoms with Crippen LogP contribution in [0, 0.1) is 0 Å². The number of benzene rings is 3. The Labute approximate surface area is 210 Å². The Morgan fingerprint density at radius 2 is 1.39 bits per heavy atom. The van der Waals surface area contributed by atoms with Crippen LogP contribution in [0.15, 0.2) is 89.8 Å². The molecule has 0 aromatic heterocycles. The molecule has 0 spiro atoms. The molecule has 8 nitrogen and oxygen atoms in total. The summed E-state index contributed by atoms with van der Waals surface area (Å²) in [5.74, 6) is 0.235. The first kappa shape index (κ1) is 25.2. The maximum atomic E-state index is 13.7. The van der Waals surface area contributed by atoms with Crippen LogP contribution in [0.2, 0.25) is 0 Å². The van der Waals surface area contributed by atoms with Gasteiger partial charge in [-0.1, -0.05) is 48.5 Å². The highest BCUT2D eigenvalue weighted by atomic mass is 32.2.